The Morgan fingerprint density at radius 1 is 0.578 bits per heavy atom. The Balaban J connectivity index is 0.000000178. The van der Waals surface area contributed by atoms with Crippen LogP contribution in [0.2, 0.25) is 5.02 Å². The van der Waals surface area contributed by atoms with Gasteiger partial charge in [0.25, 0.3) is 0 Å². The number of ether oxygens (including phenoxy) is 1. The summed E-state index contributed by atoms with van der Waals surface area (Å²) >= 11 is 6.07. The summed E-state index contributed by atoms with van der Waals surface area (Å²) in [5.41, 5.74) is 7.91. The van der Waals surface area contributed by atoms with Gasteiger partial charge in [0, 0.05) is 40.0 Å². The van der Waals surface area contributed by atoms with Gasteiger partial charge in [-0.15, -0.1) is 0 Å². The third-order valence-corrected chi connectivity index (χ3v) is 7.79. The molecule has 0 unspecified atom stereocenters. The Bertz CT molecular complexity index is 2050. The zero-order valence-corrected chi connectivity index (χ0v) is 26.1. The fourth-order valence-corrected chi connectivity index (χ4v) is 5.33. The minimum absolute atomic E-state index is 0.0328. The number of pyridine rings is 2. The van der Waals surface area contributed by atoms with Gasteiger partial charge in [-0.05, 0) is 86.3 Å². The molecule has 2 heterocycles. The van der Waals surface area contributed by atoms with Crippen LogP contribution in [0.1, 0.15) is 22.8 Å². The Morgan fingerprint density at radius 2 is 1.07 bits per heavy atom. The minimum Gasteiger partial charge on any atom is -0.457 e. The van der Waals surface area contributed by atoms with Crippen molar-refractivity contribution in [2.24, 2.45) is 0 Å². The van der Waals surface area contributed by atoms with Gasteiger partial charge in [0.05, 0.1) is 0 Å². The fraction of sp³-hybridized carbons (Fsp3) is 0.105. The molecule has 6 aromatic rings. The number of aromatic amines is 2. The number of aryl methyl sites for hydroxylation is 4. The predicted molar refractivity (Wildman–Crippen MR) is 181 cm³/mol. The van der Waals surface area contributed by atoms with Gasteiger partial charge < -0.3 is 14.7 Å². The van der Waals surface area contributed by atoms with Gasteiger partial charge in [-0.1, -0.05) is 78.3 Å². The quantitative estimate of drug-likeness (QED) is 0.202. The molecular weight excluding hydrogens is 587 g/mol. The zero-order chi connectivity index (χ0) is 32.1. The van der Waals surface area contributed by atoms with Crippen molar-refractivity contribution < 1.29 is 9.13 Å². The number of hydrogen-bond donors (Lipinski definition) is 2. The second-order valence-corrected chi connectivity index (χ2v) is 11.1. The maximum Gasteiger partial charge on any atom is 0.208 e. The van der Waals surface area contributed by atoms with Gasteiger partial charge in [-0.3, -0.25) is 9.59 Å². The number of aromatic nitrogens is 2. The van der Waals surface area contributed by atoms with Gasteiger partial charge >= 0.3 is 0 Å². The molecule has 5 nitrogen and oxygen atoms in total. The van der Waals surface area contributed by atoms with Crippen LogP contribution < -0.4 is 15.6 Å². The number of hydrogen-bond acceptors (Lipinski definition) is 3. The highest BCUT2D eigenvalue weighted by Gasteiger charge is 2.13. The third-order valence-electron chi connectivity index (χ3n) is 7.33. The van der Waals surface area contributed by atoms with E-state index in [1.54, 1.807) is 25.1 Å². The molecule has 2 aromatic heterocycles. The third kappa shape index (κ3) is 7.31. The number of nitrogens with one attached hydrogen (secondary N) is 2. The van der Waals surface area contributed by atoms with Gasteiger partial charge in [-0.2, -0.15) is 0 Å². The lowest BCUT2D eigenvalue weighted by atomic mass is 9.99. The number of H-pyrrole nitrogens is 2. The van der Waals surface area contributed by atoms with Crippen molar-refractivity contribution in [3.8, 4) is 44.9 Å². The summed E-state index contributed by atoms with van der Waals surface area (Å²) in [4.78, 5) is 30.9. The Morgan fingerprint density at radius 3 is 1.67 bits per heavy atom. The van der Waals surface area contributed by atoms with E-state index >= 15 is 0 Å². The molecule has 4 aromatic carbocycles. The second-order valence-electron chi connectivity index (χ2n) is 10.7. The summed E-state index contributed by atoms with van der Waals surface area (Å²) in [6, 6.07) is 32.7. The molecule has 0 amide bonds. The molecule has 0 bridgehead atoms. The molecule has 0 fully saturated rings. The number of halogens is 2. The molecule has 0 spiro atoms. The zero-order valence-electron chi connectivity index (χ0n) is 25.4. The second kappa shape index (κ2) is 13.6. The molecule has 0 saturated carbocycles. The van der Waals surface area contributed by atoms with Crippen molar-refractivity contribution >= 4 is 11.6 Å². The van der Waals surface area contributed by atoms with E-state index in [-0.39, 0.29) is 21.7 Å². The van der Waals surface area contributed by atoms with Gasteiger partial charge in [0.2, 0.25) is 5.43 Å². The first-order valence-corrected chi connectivity index (χ1v) is 14.8. The van der Waals surface area contributed by atoms with Crippen LogP contribution in [0, 0.1) is 33.5 Å². The number of para-hydroxylation sites is 1. The largest absolute Gasteiger partial charge is 0.457 e. The van der Waals surface area contributed by atoms with Crippen LogP contribution in [0.4, 0.5) is 4.39 Å². The highest BCUT2D eigenvalue weighted by Crippen LogP contribution is 2.27. The van der Waals surface area contributed by atoms with Gasteiger partial charge in [-0.25, -0.2) is 4.39 Å². The van der Waals surface area contributed by atoms with Crippen molar-refractivity contribution in [3.05, 3.63) is 163 Å². The first kappa shape index (κ1) is 31.2. The lowest BCUT2D eigenvalue weighted by molar-refractivity contribution is 0.483. The molecule has 0 saturated heterocycles. The summed E-state index contributed by atoms with van der Waals surface area (Å²) in [6.07, 6.45) is 0. The van der Waals surface area contributed by atoms with E-state index in [1.807, 2.05) is 99.6 Å². The summed E-state index contributed by atoms with van der Waals surface area (Å²) in [5.74, 6) is 1.28. The normalized spacial score (nSPS) is 10.6. The molecule has 45 heavy (non-hydrogen) atoms. The van der Waals surface area contributed by atoms with E-state index in [9.17, 15) is 14.0 Å². The summed E-state index contributed by atoms with van der Waals surface area (Å²) in [7, 11) is 0. The van der Waals surface area contributed by atoms with E-state index in [0.29, 0.717) is 16.8 Å². The maximum absolute atomic E-state index is 13.0. The molecule has 0 radical (unpaired) electrons. The predicted octanol–water partition coefficient (Wildman–Crippen LogP) is 9.57. The molecule has 0 aliphatic carbocycles. The lowest BCUT2D eigenvalue weighted by Gasteiger charge is -2.09. The van der Waals surface area contributed by atoms with Crippen LogP contribution >= 0.6 is 11.6 Å². The van der Waals surface area contributed by atoms with Gasteiger partial charge in [0.1, 0.15) is 22.3 Å². The molecule has 0 aliphatic rings. The number of rotatable bonds is 5. The van der Waals surface area contributed by atoms with Crippen molar-refractivity contribution in [3.63, 3.8) is 0 Å². The summed E-state index contributed by atoms with van der Waals surface area (Å²) < 4.78 is 18.8. The van der Waals surface area contributed by atoms with Crippen LogP contribution in [0.15, 0.2) is 119 Å². The standard InChI is InChI=1S/C19H15ClFNO.C19H17NO2/c1-11-17(19(23)18(20)12(2)22-11)15-5-3-13(4-6-15)14-7-9-16(21)10-8-14;1-13-12-18(21)19(14(2)20-13)15-8-10-17(11-9-15)22-16-6-4-3-5-7-16/h3-10H,1-2H3,(H,22,23);3-12H,1-2H3,(H,20,21). The highest BCUT2D eigenvalue weighted by molar-refractivity contribution is 6.31. The summed E-state index contributed by atoms with van der Waals surface area (Å²) in [5, 5.41) is 0.216. The Labute approximate surface area is 266 Å². The van der Waals surface area contributed by atoms with E-state index in [1.165, 1.54) is 12.1 Å². The monoisotopic (exact) mass is 618 g/mol. The van der Waals surface area contributed by atoms with Crippen molar-refractivity contribution in [2.45, 2.75) is 27.7 Å². The molecule has 0 atom stereocenters. The number of benzene rings is 4. The maximum atomic E-state index is 13.0. The van der Waals surface area contributed by atoms with E-state index in [0.717, 1.165) is 50.8 Å². The van der Waals surface area contributed by atoms with E-state index in [2.05, 4.69) is 9.97 Å². The first-order chi connectivity index (χ1) is 21.6. The average molecular weight is 619 g/mol. The molecule has 2 N–H and O–H groups in total. The topological polar surface area (TPSA) is 74.9 Å². The fourth-order valence-electron chi connectivity index (χ4n) is 5.19. The van der Waals surface area contributed by atoms with Crippen LogP contribution in [0.3, 0.4) is 0 Å². The SMILES string of the molecule is Cc1[nH]c(C)c(-c2ccc(-c3ccc(F)cc3)cc2)c(=O)c1Cl.Cc1cc(=O)c(-c2ccc(Oc3ccccc3)cc2)c(C)[nH]1. The van der Waals surface area contributed by atoms with E-state index in [4.69, 9.17) is 16.3 Å². The minimum atomic E-state index is -0.262. The molecule has 0 aliphatic heterocycles. The van der Waals surface area contributed by atoms with Crippen LogP contribution in [0.5, 0.6) is 11.5 Å². The molecule has 7 heteroatoms. The Kier molecular flexibility index (Phi) is 9.45. The molecular formula is C38H32ClFN2O3. The van der Waals surface area contributed by atoms with Crippen molar-refractivity contribution in [1.29, 1.82) is 0 Å². The van der Waals surface area contributed by atoms with Crippen LogP contribution in [0.25, 0.3) is 33.4 Å². The lowest BCUT2D eigenvalue weighted by Crippen LogP contribution is -2.11. The molecule has 6 rings (SSSR count). The Hall–Kier alpha value is -5.20. The average Bonchev–Trinajstić information content (AvgIpc) is 3.02. The van der Waals surface area contributed by atoms with Gasteiger partial charge in [0.15, 0.2) is 5.43 Å². The van der Waals surface area contributed by atoms with Crippen molar-refractivity contribution in [2.75, 3.05) is 0 Å². The van der Waals surface area contributed by atoms with Crippen LogP contribution in [-0.2, 0) is 0 Å². The summed E-state index contributed by atoms with van der Waals surface area (Å²) in [6.45, 7) is 7.43. The smallest absolute Gasteiger partial charge is 0.208 e. The van der Waals surface area contributed by atoms with Crippen LogP contribution in [-0.4, -0.2) is 9.97 Å². The molecule has 226 valence electrons. The van der Waals surface area contributed by atoms with Crippen molar-refractivity contribution in [1.82, 2.24) is 9.97 Å². The first-order valence-electron chi connectivity index (χ1n) is 14.4. The highest BCUT2D eigenvalue weighted by atomic mass is 35.5. The van der Waals surface area contributed by atoms with E-state index < -0.39 is 0 Å².